The highest BCUT2D eigenvalue weighted by Crippen LogP contribution is 2.24. The van der Waals surface area contributed by atoms with E-state index in [0.717, 1.165) is 11.4 Å². The summed E-state index contributed by atoms with van der Waals surface area (Å²) in [5.74, 6) is 0.879. The van der Waals surface area contributed by atoms with Crippen molar-refractivity contribution >= 4 is 5.69 Å². The van der Waals surface area contributed by atoms with E-state index in [9.17, 15) is 0 Å². The quantitative estimate of drug-likeness (QED) is 0.869. The van der Waals surface area contributed by atoms with Crippen molar-refractivity contribution in [3.8, 4) is 5.75 Å². The molecule has 0 saturated carbocycles. The second-order valence-electron chi connectivity index (χ2n) is 4.95. The Morgan fingerprint density at radius 2 is 1.68 bits per heavy atom. The normalized spacial score (nSPS) is 12.0. The molecule has 1 unspecified atom stereocenters. The highest BCUT2D eigenvalue weighted by atomic mass is 16.5. The van der Waals surface area contributed by atoms with Gasteiger partial charge in [-0.25, -0.2) is 0 Å². The van der Waals surface area contributed by atoms with E-state index < -0.39 is 0 Å². The highest BCUT2D eigenvalue weighted by Gasteiger charge is 2.08. The number of hydrogen-bond donors (Lipinski definition) is 1. The Kier molecular flexibility index (Phi) is 4.10. The topological polar surface area (TPSA) is 21.3 Å². The van der Waals surface area contributed by atoms with E-state index in [2.05, 4.69) is 44.3 Å². The first-order valence-electron chi connectivity index (χ1n) is 6.58. The fourth-order valence-corrected chi connectivity index (χ4v) is 2.33. The summed E-state index contributed by atoms with van der Waals surface area (Å²) >= 11 is 0. The summed E-state index contributed by atoms with van der Waals surface area (Å²) in [5, 5.41) is 3.51. The van der Waals surface area contributed by atoms with Gasteiger partial charge in [-0.05, 0) is 56.2 Å². The molecule has 0 spiro atoms. The summed E-state index contributed by atoms with van der Waals surface area (Å²) in [5.41, 5.74) is 5.07. The Labute approximate surface area is 115 Å². The predicted octanol–water partition coefficient (Wildman–Crippen LogP) is 4.49. The first-order chi connectivity index (χ1) is 9.10. The van der Waals surface area contributed by atoms with Gasteiger partial charge in [-0.15, -0.1) is 0 Å². The minimum Gasteiger partial charge on any atom is -0.497 e. The Balaban J connectivity index is 2.13. The lowest BCUT2D eigenvalue weighted by atomic mass is 10.00. The first-order valence-corrected chi connectivity index (χ1v) is 6.58. The zero-order chi connectivity index (χ0) is 13.8. The summed E-state index contributed by atoms with van der Waals surface area (Å²) in [6.45, 7) is 6.47. The SMILES string of the molecule is COc1ccc(NC(C)c2ccc(C)cc2C)cc1. The van der Waals surface area contributed by atoms with Gasteiger partial charge in [0.15, 0.2) is 0 Å². The molecule has 0 saturated heterocycles. The number of ether oxygens (including phenoxy) is 1. The molecule has 0 amide bonds. The zero-order valence-corrected chi connectivity index (χ0v) is 12.0. The average Bonchev–Trinajstić information content (AvgIpc) is 2.39. The summed E-state index contributed by atoms with van der Waals surface area (Å²) < 4.78 is 5.16. The fourth-order valence-electron chi connectivity index (χ4n) is 2.33. The van der Waals surface area contributed by atoms with Crippen molar-refractivity contribution in [1.29, 1.82) is 0 Å². The van der Waals surface area contributed by atoms with E-state index in [-0.39, 0.29) is 6.04 Å². The molecule has 2 heteroatoms. The minimum absolute atomic E-state index is 0.286. The number of aryl methyl sites for hydroxylation is 2. The van der Waals surface area contributed by atoms with Crippen LogP contribution in [-0.2, 0) is 0 Å². The lowest BCUT2D eigenvalue weighted by molar-refractivity contribution is 0.415. The molecule has 2 nitrogen and oxygen atoms in total. The van der Waals surface area contributed by atoms with Crippen LogP contribution in [0.1, 0.15) is 29.7 Å². The molecule has 0 aliphatic heterocycles. The van der Waals surface area contributed by atoms with Crippen LogP contribution in [0.3, 0.4) is 0 Å². The number of nitrogens with one attached hydrogen (secondary N) is 1. The molecule has 19 heavy (non-hydrogen) atoms. The Morgan fingerprint density at radius 3 is 2.26 bits per heavy atom. The molecule has 0 aromatic heterocycles. The second-order valence-corrected chi connectivity index (χ2v) is 4.95. The maximum atomic E-state index is 5.16. The van der Waals surface area contributed by atoms with Gasteiger partial charge in [-0.3, -0.25) is 0 Å². The van der Waals surface area contributed by atoms with Crippen LogP contribution in [0, 0.1) is 13.8 Å². The van der Waals surface area contributed by atoms with E-state index in [1.54, 1.807) is 7.11 Å². The molecule has 0 heterocycles. The van der Waals surface area contributed by atoms with E-state index in [1.807, 2.05) is 24.3 Å². The van der Waals surface area contributed by atoms with Crippen LogP contribution in [0.15, 0.2) is 42.5 Å². The van der Waals surface area contributed by atoms with Crippen molar-refractivity contribution < 1.29 is 4.74 Å². The van der Waals surface area contributed by atoms with E-state index in [1.165, 1.54) is 16.7 Å². The molecule has 0 bridgehead atoms. The number of benzene rings is 2. The molecule has 0 fully saturated rings. The van der Waals surface area contributed by atoms with Gasteiger partial charge in [0.1, 0.15) is 5.75 Å². The summed E-state index contributed by atoms with van der Waals surface area (Å²) in [7, 11) is 1.68. The molecule has 0 aliphatic carbocycles. The van der Waals surface area contributed by atoms with E-state index in [4.69, 9.17) is 4.74 Å². The van der Waals surface area contributed by atoms with Crippen LogP contribution in [0.4, 0.5) is 5.69 Å². The third-order valence-electron chi connectivity index (χ3n) is 3.37. The van der Waals surface area contributed by atoms with E-state index in [0.29, 0.717) is 0 Å². The van der Waals surface area contributed by atoms with Crippen molar-refractivity contribution in [2.75, 3.05) is 12.4 Å². The Hall–Kier alpha value is -1.96. The van der Waals surface area contributed by atoms with E-state index >= 15 is 0 Å². The summed E-state index contributed by atoms with van der Waals surface area (Å²) in [6, 6.07) is 14.9. The van der Waals surface area contributed by atoms with Crippen molar-refractivity contribution in [1.82, 2.24) is 0 Å². The Bertz CT molecular complexity index is 546. The van der Waals surface area contributed by atoms with Crippen LogP contribution in [0.25, 0.3) is 0 Å². The maximum absolute atomic E-state index is 5.16. The standard InChI is InChI=1S/C17H21NO/c1-12-5-10-17(13(2)11-12)14(3)18-15-6-8-16(19-4)9-7-15/h5-11,14,18H,1-4H3. The van der Waals surface area contributed by atoms with Crippen molar-refractivity contribution in [2.45, 2.75) is 26.8 Å². The summed E-state index contributed by atoms with van der Waals surface area (Å²) in [4.78, 5) is 0. The average molecular weight is 255 g/mol. The number of rotatable bonds is 4. The highest BCUT2D eigenvalue weighted by molar-refractivity contribution is 5.49. The van der Waals surface area contributed by atoms with Crippen LogP contribution >= 0.6 is 0 Å². The molecule has 2 aromatic rings. The van der Waals surface area contributed by atoms with Gasteiger partial charge in [0, 0.05) is 11.7 Å². The van der Waals surface area contributed by atoms with Gasteiger partial charge in [-0.2, -0.15) is 0 Å². The van der Waals surface area contributed by atoms with Gasteiger partial charge in [0.2, 0.25) is 0 Å². The van der Waals surface area contributed by atoms with Crippen molar-refractivity contribution in [3.63, 3.8) is 0 Å². The molecule has 1 N–H and O–H groups in total. The lowest BCUT2D eigenvalue weighted by Crippen LogP contribution is -2.08. The lowest BCUT2D eigenvalue weighted by Gasteiger charge is -2.18. The summed E-state index contributed by atoms with van der Waals surface area (Å²) in [6.07, 6.45) is 0. The molecule has 1 atom stereocenters. The second kappa shape index (κ2) is 5.79. The third kappa shape index (κ3) is 3.28. The van der Waals surface area contributed by atoms with Gasteiger partial charge in [0.05, 0.1) is 7.11 Å². The minimum atomic E-state index is 0.286. The van der Waals surface area contributed by atoms with Crippen LogP contribution in [0.2, 0.25) is 0 Å². The maximum Gasteiger partial charge on any atom is 0.119 e. The molecule has 2 rings (SSSR count). The fraction of sp³-hybridized carbons (Fsp3) is 0.294. The molecular formula is C17H21NO. The smallest absolute Gasteiger partial charge is 0.119 e. The Morgan fingerprint density at radius 1 is 1.00 bits per heavy atom. The van der Waals surface area contributed by atoms with Crippen LogP contribution < -0.4 is 10.1 Å². The van der Waals surface area contributed by atoms with Crippen molar-refractivity contribution in [3.05, 3.63) is 59.2 Å². The van der Waals surface area contributed by atoms with Crippen LogP contribution in [-0.4, -0.2) is 7.11 Å². The third-order valence-corrected chi connectivity index (χ3v) is 3.37. The molecular weight excluding hydrogens is 234 g/mol. The van der Waals surface area contributed by atoms with Gasteiger partial charge < -0.3 is 10.1 Å². The molecule has 100 valence electrons. The molecule has 0 aliphatic rings. The van der Waals surface area contributed by atoms with Crippen LogP contribution in [0.5, 0.6) is 5.75 Å². The van der Waals surface area contributed by atoms with Gasteiger partial charge in [0.25, 0.3) is 0 Å². The zero-order valence-electron chi connectivity index (χ0n) is 12.0. The monoisotopic (exact) mass is 255 g/mol. The molecule has 2 aromatic carbocycles. The number of hydrogen-bond acceptors (Lipinski definition) is 2. The largest absolute Gasteiger partial charge is 0.497 e. The number of anilines is 1. The molecule has 0 radical (unpaired) electrons. The first kappa shape index (κ1) is 13.5. The predicted molar refractivity (Wildman–Crippen MR) is 80.9 cm³/mol. The van der Waals surface area contributed by atoms with Crippen molar-refractivity contribution in [2.24, 2.45) is 0 Å². The van der Waals surface area contributed by atoms with Gasteiger partial charge in [-0.1, -0.05) is 23.8 Å². The number of methoxy groups -OCH3 is 1. The van der Waals surface area contributed by atoms with Gasteiger partial charge >= 0.3 is 0 Å².